The van der Waals surface area contributed by atoms with Gasteiger partial charge in [0.05, 0.1) is 5.41 Å². The van der Waals surface area contributed by atoms with Crippen molar-refractivity contribution in [3.8, 4) is 0 Å². The maximum Gasteiger partial charge on any atom is 0.303 e. The van der Waals surface area contributed by atoms with Crippen LogP contribution in [0, 0.1) is 0 Å². The maximum absolute atomic E-state index is 12.6. The number of hydrogen-bond donors (Lipinski definition) is 2. The van der Waals surface area contributed by atoms with Crippen LogP contribution in [0.2, 0.25) is 0 Å². The third-order valence-electron chi connectivity index (χ3n) is 3.89. The molecule has 0 radical (unpaired) electrons. The van der Waals surface area contributed by atoms with Gasteiger partial charge in [0.25, 0.3) is 0 Å². The van der Waals surface area contributed by atoms with Gasteiger partial charge in [-0.3, -0.25) is 14.4 Å². The first-order valence-corrected chi connectivity index (χ1v) is 8.13. The van der Waals surface area contributed by atoms with Crippen molar-refractivity contribution in [1.82, 2.24) is 5.32 Å². The van der Waals surface area contributed by atoms with Crippen molar-refractivity contribution in [1.29, 1.82) is 0 Å². The number of aliphatic carboxylic acids is 1. The maximum atomic E-state index is 12.6. The van der Waals surface area contributed by atoms with Crippen LogP contribution in [0.4, 0.5) is 5.69 Å². The molecule has 0 atom stereocenters. The summed E-state index contributed by atoms with van der Waals surface area (Å²) in [6.07, 6.45) is 0.372. The average Bonchev–Trinajstić information content (AvgIpc) is 2.65. The summed E-state index contributed by atoms with van der Waals surface area (Å²) in [5, 5.41) is 11.2. The zero-order chi connectivity index (χ0) is 17.2. The number of carbonyl (C=O) groups excluding carboxylic acids is 2. The van der Waals surface area contributed by atoms with Gasteiger partial charge in [-0.2, -0.15) is 0 Å². The summed E-state index contributed by atoms with van der Waals surface area (Å²) in [5.74, 6) is -1.31. The summed E-state index contributed by atoms with van der Waals surface area (Å²) >= 11 is 3.40. The Hall–Kier alpha value is -1.89. The van der Waals surface area contributed by atoms with Crippen molar-refractivity contribution in [2.75, 3.05) is 18.0 Å². The Morgan fingerprint density at radius 3 is 2.70 bits per heavy atom. The van der Waals surface area contributed by atoms with Gasteiger partial charge in [-0.05, 0) is 44.0 Å². The van der Waals surface area contributed by atoms with Crippen molar-refractivity contribution in [2.24, 2.45) is 0 Å². The molecule has 0 aromatic heterocycles. The van der Waals surface area contributed by atoms with E-state index in [9.17, 15) is 14.4 Å². The molecule has 0 bridgehead atoms. The third kappa shape index (κ3) is 3.72. The molecule has 0 spiro atoms. The molecule has 7 heteroatoms. The van der Waals surface area contributed by atoms with E-state index in [1.807, 2.05) is 32.0 Å². The van der Waals surface area contributed by atoms with Crippen LogP contribution in [0.15, 0.2) is 22.7 Å². The molecule has 2 N–H and O–H groups in total. The smallest absolute Gasteiger partial charge is 0.303 e. The van der Waals surface area contributed by atoms with E-state index >= 15 is 0 Å². The van der Waals surface area contributed by atoms with E-state index in [0.29, 0.717) is 6.42 Å². The zero-order valence-corrected chi connectivity index (χ0v) is 14.6. The number of halogens is 1. The van der Waals surface area contributed by atoms with Crippen molar-refractivity contribution in [2.45, 2.75) is 32.1 Å². The van der Waals surface area contributed by atoms with Crippen molar-refractivity contribution in [3.63, 3.8) is 0 Å². The van der Waals surface area contributed by atoms with Crippen LogP contribution in [0.1, 0.15) is 32.3 Å². The molecule has 0 unspecified atom stereocenters. The molecule has 0 saturated carbocycles. The van der Waals surface area contributed by atoms with E-state index in [0.717, 1.165) is 15.7 Å². The number of fused-ring (bicyclic) bond motifs is 1. The molecule has 124 valence electrons. The van der Waals surface area contributed by atoms with Gasteiger partial charge in [0.2, 0.25) is 11.8 Å². The summed E-state index contributed by atoms with van der Waals surface area (Å²) in [6, 6.07) is 5.56. The molecule has 0 saturated heterocycles. The average molecular weight is 383 g/mol. The number of hydrogen-bond acceptors (Lipinski definition) is 3. The largest absolute Gasteiger partial charge is 0.481 e. The molecular formula is C16H19BrN2O4. The molecule has 0 aliphatic carbocycles. The fraction of sp³-hybridized carbons (Fsp3) is 0.438. The van der Waals surface area contributed by atoms with Gasteiger partial charge < -0.3 is 15.3 Å². The molecule has 2 rings (SSSR count). The Morgan fingerprint density at radius 1 is 1.35 bits per heavy atom. The highest BCUT2D eigenvalue weighted by Crippen LogP contribution is 2.42. The number of amides is 2. The number of benzene rings is 1. The fourth-order valence-electron chi connectivity index (χ4n) is 2.63. The first-order chi connectivity index (χ1) is 10.7. The predicted molar refractivity (Wildman–Crippen MR) is 89.4 cm³/mol. The Kier molecular flexibility index (Phi) is 5.09. The summed E-state index contributed by atoms with van der Waals surface area (Å²) in [6.45, 7) is 3.89. The van der Waals surface area contributed by atoms with Crippen LogP contribution >= 0.6 is 15.9 Å². The normalized spacial score (nSPS) is 15.4. The second-order valence-corrected chi connectivity index (χ2v) is 6.94. The minimum Gasteiger partial charge on any atom is -0.481 e. The minimum atomic E-state index is -0.893. The van der Waals surface area contributed by atoms with Gasteiger partial charge in [-0.1, -0.05) is 15.9 Å². The van der Waals surface area contributed by atoms with E-state index in [2.05, 4.69) is 21.2 Å². The van der Waals surface area contributed by atoms with Gasteiger partial charge in [-0.25, -0.2) is 0 Å². The lowest BCUT2D eigenvalue weighted by Gasteiger charge is -2.20. The molecule has 1 aromatic rings. The molecule has 1 aliphatic rings. The second-order valence-electron chi connectivity index (χ2n) is 6.03. The van der Waals surface area contributed by atoms with Crippen LogP contribution in [-0.2, 0) is 19.8 Å². The van der Waals surface area contributed by atoms with Crippen molar-refractivity contribution in [3.05, 3.63) is 28.2 Å². The molecule has 6 nitrogen and oxygen atoms in total. The van der Waals surface area contributed by atoms with Gasteiger partial charge >= 0.3 is 5.97 Å². The Labute approximate surface area is 143 Å². The number of carbonyl (C=O) groups is 3. The second kappa shape index (κ2) is 6.70. The fourth-order valence-corrected chi connectivity index (χ4v) is 2.99. The molecular weight excluding hydrogens is 364 g/mol. The van der Waals surface area contributed by atoms with Crippen molar-refractivity contribution >= 4 is 39.4 Å². The summed E-state index contributed by atoms with van der Waals surface area (Å²) in [4.78, 5) is 36.5. The van der Waals surface area contributed by atoms with Crippen LogP contribution in [0.25, 0.3) is 0 Å². The number of nitrogens with one attached hydrogen (secondary N) is 1. The van der Waals surface area contributed by atoms with E-state index in [-0.39, 0.29) is 31.3 Å². The lowest BCUT2D eigenvalue weighted by atomic mass is 9.86. The number of nitrogens with zero attached hydrogens (tertiary/aromatic N) is 1. The molecule has 1 heterocycles. The van der Waals surface area contributed by atoms with Gasteiger partial charge in [0, 0.05) is 23.1 Å². The topological polar surface area (TPSA) is 86.7 Å². The first kappa shape index (κ1) is 17.5. The van der Waals surface area contributed by atoms with E-state index in [1.54, 1.807) is 0 Å². The molecule has 23 heavy (non-hydrogen) atoms. The number of rotatable bonds is 6. The lowest BCUT2D eigenvalue weighted by Crippen LogP contribution is -2.43. The van der Waals surface area contributed by atoms with E-state index in [4.69, 9.17) is 5.11 Å². The Balaban J connectivity index is 2.05. The summed E-state index contributed by atoms with van der Waals surface area (Å²) in [5.41, 5.74) is 0.947. The highest BCUT2D eigenvalue weighted by atomic mass is 79.9. The predicted octanol–water partition coefficient (Wildman–Crippen LogP) is 2.05. The van der Waals surface area contributed by atoms with Crippen LogP contribution in [-0.4, -0.2) is 36.0 Å². The first-order valence-electron chi connectivity index (χ1n) is 7.34. The highest BCUT2D eigenvalue weighted by Gasteiger charge is 2.44. The van der Waals surface area contributed by atoms with Gasteiger partial charge in [-0.15, -0.1) is 0 Å². The molecule has 2 amide bonds. The third-order valence-corrected chi connectivity index (χ3v) is 4.39. The van der Waals surface area contributed by atoms with Gasteiger partial charge in [0.15, 0.2) is 0 Å². The van der Waals surface area contributed by atoms with Crippen LogP contribution in [0.5, 0.6) is 0 Å². The monoisotopic (exact) mass is 382 g/mol. The highest BCUT2D eigenvalue weighted by molar-refractivity contribution is 9.10. The number of anilines is 1. The van der Waals surface area contributed by atoms with E-state index < -0.39 is 11.4 Å². The Morgan fingerprint density at radius 2 is 2.04 bits per heavy atom. The molecule has 0 fully saturated rings. The molecule has 1 aliphatic heterocycles. The van der Waals surface area contributed by atoms with Crippen LogP contribution in [0.3, 0.4) is 0 Å². The molecule has 1 aromatic carbocycles. The summed E-state index contributed by atoms with van der Waals surface area (Å²) < 4.78 is 0.886. The lowest BCUT2D eigenvalue weighted by molar-refractivity contribution is -0.137. The van der Waals surface area contributed by atoms with Crippen LogP contribution < -0.4 is 10.2 Å². The summed E-state index contributed by atoms with van der Waals surface area (Å²) in [7, 11) is 0. The SMILES string of the molecule is CC1(C)C(=O)N(CC(=O)NCCCC(=O)O)c2ccc(Br)cc21. The standard InChI is InChI=1S/C16H19BrN2O4/c1-16(2)11-8-10(17)5-6-12(11)19(15(16)23)9-13(20)18-7-3-4-14(21)22/h5-6,8H,3-4,7,9H2,1-2H3,(H,18,20)(H,21,22). The number of carboxylic acid groups (broad SMARTS) is 1. The quantitative estimate of drug-likeness (QED) is 0.737. The van der Waals surface area contributed by atoms with Crippen molar-refractivity contribution < 1.29 is 19.5 Å². The number of carboxylic acids is 1. The zero-order valence-electron chi connectivity index (χ0n) is 13.1. The minimum absolute atomic E-state index is 0.00676. The Bertz CT molecular complexity index is 657. The van der Waals surface area contributed by atoms with E-state index in [1.165, 1.54) is 4.90 Å². The van der Waals surface area contributed by atoms with Gasteiger partial charge in [0.1, 0.15) is 6.54 Å².